The molecule has 0 saturated carbocycles. The second-order valence-corrected chi connectivity index (χ2v) is 5.47. The molecule has 0 aliphatic carbocycles. The third-order valence-electron chi connectivity index (χ3n) is 4.02. The third-order valence-corrected chi connectivity index (χ3v) is 4.02. The molecule has 0 spiro atoms. The Balaban J connectivity index is 1.70. The van der Waals surface area contributed by atoms with Crippen LogP contribution in [0, 0.1) is 5.92 Å². The largest absolute Gasteiger partial charge is 0.383 e. The van der Waals surface area contributed by atoms with E-state index in [2.05, 4.69) is 29.6 Å². The van der Waals surface area contributed by atoms with Gasteiger partial charge in [-0.25, -0.2) is 0 Å². The van der Waals surface area contributed by atoms with Gasteiger partial charge in [-0.3, -0.25) is 4.98 Å². The Morgan fingerprint density at radius 1 is 1.29 bits per heavy atom. The predicted molar refractivity (Wildman–Crippen MR) is 83.3 cm³/mol. The first kappa shape index (κ1) is 14.4. The molecule has 2 unspecified atom stereocenters. The fourth-order valence-corrected chi connectivity index (χ4v) is 2.87. The van der Waals surface area contributed by atoms with Gasteiger partial charge in [0.2, 0.25) is 0 Å². The van der Waals surface area contributed by atoms with E-state index in [4.69, 9.17) is 14.5 Å². The number of pyridine rings is 1. The highest BCUT2D eigenvalue weighted by molar-refractivity contribution is 5.78. The number of rotatable bonds is 6. The van der Waals surface area contributed by atoms with E-state index in [-0.39, 0.29) is 6.10 Å². The summed E-state index contributed by atoms with van der Waals surface area (Å²) in [7, 11) is 1.72. The Labute approximate surface area is 125 Å². The Morgan fingerprint density at radius 3 is 3.10 bits per heavy atom. The van der Waals surface area contributed by atoms with E-state index in [1.807, 2.05) is 12.1 Å². The summed E-state index contributed by atoms with van der Waals surface area (Å²) < 4.78 is 11.0. The molecule has 1 N–H and O–H groups in total. The molecule has 0 amide bonds. The van der Waals surface area contributed by atoms with E-state index in [0.717, 1.165) is 43.9 Å². The highest BCUT2D eigenvalue weighted by Gasteiger charge is 2.30. The maximum atomic E-state index is 5.92. The van der Waals surface area contributed by atoms with Gasteiger partial charge < -0.3 is 14.8 Å². The molecule has 1 fully saturated rings. The molecule has 2 heterocycles. The molecule has 1 saturated heterocycles. The van der Waals surface area contributed by atoms with Gasteiger partial charge in [0.1, 0.15) is 6.10 Å². The first-order valence-corrected chi connectivity index (χ1v) is 7.55. The van der Waals surface area contributed by atoms with Crippen molar-refractivity contribution in [3.05, 3.63) is 42.1 Å². The Bertz CT molecular complexity index is 588. The molecular weight excluding hydrogens is 264 g/mol. The van der Waals surface area contributed by atoms with Gasteiger partial charge in [-0.2, -0.15) is 0 Å². The summed E-state index contributed by atoms with van der Waals surface area (Å²) in [5, 5.41) is 4.61. The SMILES string of the molecule is COCCNCC1CCOC1c1ccc2ccccc2n1. The molecule has 2 aromatic rings. The van der Waals surface area contributed by atoms with Crippen molar-refractivity contribution in [3.63, 3.8) is 0 Å². The lowest BCUT2D eigenvalue weighted by molar-refractivity contribution is 0.0867. The second kappa shape index (κ2) is 6.98. The van der Waals surface area contributed by atoms with Crippen LogP contribution in [0.5, 0.6) is 0 Å². The summed E-state index contributed by atoms with van der Waals surface area (Å²) in [6, 6.07) is 12.4. The van der Waals surface area contributed by atoms with Crippen LogP contribution < -0.4 is 5.32 Å². The number of fused-ring (bicyclic) bond motifs is 1. The normalized spacial score (nSPS) is 22.0. The van der Waals surface area contributed by atoms with Crippen LogP contribution in [0.15, 0.2) is 36.4 Å². The number of ether oxygens (including phenoxy) is 2. The van der Waals surface area contributed by atoms with Crippen LogP contribution >= 0.6 is 0 Å². The zero-order chi connectivity index (χ0) is 14.5. The summed E-state index contributed by atoms with van der Waals surface area (Å²) in [6.07, 6.45) is 1.18. The van der Waals surface area contributed by atoms with E-state index in [1.54, 1.807) is 7.11 Å². The summed E-state index contributed by atoms with van der Waals surface area (Å²) in [5.74, 6) is 0.482. The van der Waals surface area contributed by atoms with Gasteiger partial charge in [0.25, 0.3) is 0 Å². The predicted octanol–water partition coefficient (Wildman–Crippen LogP) is 2.55. The van der Waals surface area contributed by atoms with Crippen molar-refractivity contribution in [3.8, 4) is 0 Å². The van der Waals surface area contributed by atoms with Crippen LogP contribution in [0.1, 0.15) is 18.2 Å². The smallest absolute Gasteiger partial charge is 0.104 e. The van der Waals surface area contributed by atoms with Crippen molar-refractivity contribution in [1.29, 1.82) is 0 Å². The summed E-state index contributed by atoms with van der Waals surface area (Å²) >= 11 is 0. The number of benzene rings is 1. The fourth-order valence-electron chi connectivity index (χ4n) is 2.87. The van der Waals surface area contributed by atoms with Crippen LogP contribution in [0.2, 0.25) is 0 Å². The standard InChI is InChI=1S/C17H22N2O2/c1-20-11-9-18-12-14-8-10-21-17(14)16-7-6-13-4-2-3-5-15(13)19-16/h2-7,14,17-18H,8-12H2,1H3. The van der Waals surface area contributed by atoms with E-state index >= 15 is 0 Å². The molecule has 2 atom stereocenters. The lowest BCUT2D eigenvalue weighted by Gasteiger charge is -2.19. The number of para-hydroxylation sites is 1. The quantitative estimate of drug-likeness (QED) is 0.829. The van der Waals surface area contributed by atoms with E-state index in [1.165, 1.54) is 5.39 Å². The molecule has 4 heteroatoms. The van der Waals surface area contributed by atoms with Crippen molar-refractivity contribution in [2.45, 2.75) is 12.5 Å². The van der Waals surface area contributed by atoms with Gasteiger partial charge in [0, 0.05) is 38.1 Å². The average molecular weight is 286 g/mol. The van der Waals surface area contributed by atoms with Crippen LogP contribution in [-0.2, 0) is 9.47 Å². The van der Waals surface area contributed by atoms with Gasteiger partial charge >= 0.3 is 0 Å². The highest BCUT2D eigenvalue weighted by Crippen LogP contribution is 2.33. The van der Waals surface area contributed by atoms with Gasteiger partial charge in [-0.05, 0) is 18.6 Å². The minimum atomic E-state index is 0.102. The number of nitrogens with one attached hydrogen (secondary N) is 1. The zero-order valence-corrected chi connectivity index (χ0v) is 12.4. The van der Waals surface area contributed by atoms with Gasteiger partial charge in [0.05, 0.1) is 17.8 Å². The third kappa shape index (κ3) is 3.40. The molecule has 1 aromatic carbocycles. The monoisotopic (exact) mass is 286 g/mol. The van der Waals surface area contributed by atoms with Crippen LogP contribution in [0.25, 0.3) is 10.9 Å². The van der Waals surface area contributed by atoms with Crippen LogP contribution in [0.4, 0.5) is 0 Å². The topological polar surface area (TPSA) is 43.4 Å². The van der Waals surface area contributed by atoms with Crippen molar-refractivity contribution in [2.24, 2.45) is 5.92 Å². The fraction of sp³-hybridized carbons (Fsp3) is 0.471. The lowest BCUT2D eigenvalue weighted by Crippen LogP contribution is -2.27. The number of hydrogen-bond acceptors (Lipinski definition) is 4. The Morgan fingerprint density at radius 2 is 2.19 bits per heavy atom. The van der Waals surface area contributed by atoms with Crippen LogP contribution in [0.3, 0.4) is 0 Å². The maximum absolute atomic E-state index is 5.92. The number of methoxy groups -OCH3 is 1. The first-order chi connectivity index (χ1) is 10.4. The summed E-state index contributed by atoms with van der Waals surface area (Å²) in [4.78, 5) is 4.77. The molecule has 0 radical (unpaired) electrons. The molecule has 1 aliphatic heterocycles. The van der Waals surface area contributed by atoms with E-state index in [0.29, 0.717) is 5.92 Å². The number of aromatic nitrogens is 1. The summed E-state index contributed by atoms with van der Waals surface area (Å²) in [6.45, 7) is 3.38. The van der Waals surface area contributed by atoms with E-state index < -0.39 is 0 Å². The lowest BCUT2D eigenvalue weighted by atomic mass is 9.98. The van der Waals surface area contributed by atoms with Crippen molar-refractivity contribution in [1.82, 2.24) is 10.3 Å². The second-order valence-electron chi connectivity index (χ2n) is 5.47. The van der Waals surface area contributed by atoms with Crippen molar-refractivity contribution >= 4 is 10.9 Å². The maximum Gasteiger partial charge on any atom is 0.104 e. The molecular formula is C17H22N2O2. The molecule has 112 valence electrons. The molecule has 1 aromatic heterocycles. The van der Waals surface area contributed by atoms with E-state index in [9.17, 15) is 0 Å². The molecule has 1 aliphatic rings. The number of nitrogens with zero attached hydrogens (tertiary/aromatic N) is 1. The van der Waals surface area contributed by atoms with Gasteiger partial charge in [0.15, 0.2) is 0 Å². The summed E-state index contributed by atoms with van der Waals surface area (Å²) in [5.41, 5.74) is 2.08. The minimum Gasteiger partial charge on any atom is -0.383 e. The molecule has 4 nitrogen and oxygen atoms in total. The number of hydrogen-bond donors (Lipinski definition) is 1. The Hall–Kier alpha value is -1.49. The molecule has 3 rings (SSSR count). The van der Waals surface area contributed by atoms with Gasteiger partial charge in [-0.1, -0.05) is 24.3 Å². The minimum absolute atomic E-state index is 0.102. The van der Waals surface area contributed by atoms with Crippen molar-refractivity contribution < 1.29 is 9.47 Å². The van der Waals surface area contributed by atoms with Crippen LogP contribution in [-0.4, -0.2) is 38.4 Å². The first-order valence-electron chi connectivity index (χ1n) is 7.55. The molecule has 21 heavy (non-hydrogen) atoms. The molecule has 0 bridgehead atoms. The highest BCUT2D eigenvalue weighted by atomic mass is 16.5. The van der Waals surface area contributed by atoms with Crippen molar-refractivity contribution in [2.75, 3.05) is 33.4 Å². The average Bonchev–Trinajstić information content (AvgIpc) is 2.99. The van der Waals surface area contributed by atoms with Gasteiger partial charge in [-0.15, -0.1) is 0 Å². The zero-order valence-electron chi connectivity index (χ0n) is 12.4. The Kier molecular flexibility index (Phi) is 4.80.